The second-order valence-corrected chi connectivity index (χ2v) is 6.04. The molecule has 114 valence electrons. The molecule has 4 heteroatoms. The Balaban J connectivity index is 2.64. The van der Waals surface area contributed by atoms with Crippen molar-refractivity contribution in [1.29, 1.82) is 0 Å². The number of methoxy groups -OCH3 is 1. The van der Waals surface area contributed by atoms with Crippen molar-refractivity contribution < 1.29 is 9.15 Å². The van der Waals surface area contributed by atoms with Crippen molar-refractivity contribution in [2.75, 3.05) is 13.7 Å². The number of benzene rings is 1. The highest BCUT2D eigenvalue weighted by Gasteiger charge is 2.25. The van der Waals surface area contributed by atoms with Crippen LogP contribution in [0, 0.1) is 20.8 Å². The molecule has 0 spiro atoms. The van der Waals surface area contributed by atoms with Gasteiger partial charge in [0.25, 0.3) is 0 Å². The molecule has 0 fully saturated rings. The van der Waals surface area contributed by atoms with E-state index in [4.69, 9.17) is 9.15 Å². The van der Waals surface area contributed by atoms with Gasteiger partial charge in [-0.05, 0) is 56.6 Å². The zero-order valence-corrected chi connectivity index (χ0v) is 14.8. The molecule has 1 N–H and O–H groups in total. The normalized spacial score (nSPS) is 12.5. The summed E-state index contributed by atoms with van der Waals surface area (Å²) in [5, 5.41) is 3.50. The van der Waals surface area contributed by atoms with Gasteiger partial charge in [-0.1, -0.05) is 22.9 Å². The average molecular weight is 352 g/mol. The molecule has 0 bridgehead atoms. The van der Waals surface area contributed by atoms with Crippen molar-refractivity contribution in [3.8, 4) is 5.75 Å². The van der Waals surface area contributed by atoms with Crippen LogP contribution in [0.15, 0.2) is 27.1 Å². The molecule has 0 amide bonds. The van der Waals surface area contributed by atoms with Crippen molar-refractivity contribution in [3.05, 3.63) is 50.9 Å². The van der Waals surface area contributed by atoms with Gasteiger partial charge in [-0.25, -0.2) is 0 Å². The first-order chi connectivity index (χ1) is 9.99. The molecule has 21 heavy (non-hydrogen) atoms. The molecule has 0 aliphatic rings. The number of hydrogen-bond donors (Lipinski definition) is 1. The third-order valence-electron chi connectivity index (χ3n) is 3.65. The first-order valence-corrected chi connectivity index (χ1v) is 7.92. The van der Waals surface area contributed by atoms with Crippen molar-refractivity contribution in [3.63, 3.8) is 0 Å². The molecule has 1 aromatic carbocycles. The van der Waals surface area contributed by atoms with Gasteiger partial charge in [0.2, 0.25) is 0 Å². The van der Waals surface area contributed by atoms with Crippen LogP contribution in [-0.2, 0) is 0 Å². The summed E-state index contributed by atoms with van der Waals surface area (Å²) in [4.78, 5) is 0. The van der Waals surface area contributed by atoms with Crippen LogP contribution in [0.1, 0.15) is 41.2 Å². The summed E-state index contributed by atoms with van der Waals surface area (Å²) in [6.45, 7) is 9.06. The van der Waals surface area contributed by atoms with Crippen LogP contribution in [0.25, 0.3) is 0 Å². The quantitative estimate of drug-likeness (QED) is 0.849. The Labute approximate surface area is 134 Å². The molecule has 2 rings (SSSR count). The minimum absolute atomic E-state index is 0.0187. The van der Waals surface area contributed by atoms with Gasteiger partial charge in [0.1, 0.15) is 17.3 Å². The van der Waals surface area contributed by atoms with Gasteiger partial charge >= 0.3 is 0 Å². The minimum atomic E-state index is -0.0187. The predicted octanol–water partition coefficient (Wildman–Crippen LogP) is 4.67. The predicted molar refractivity (Wildman–Crippen MR) is 89.1 cm³/mol. The van der Waals surface area contributed by atoms with Crippen molar-refractivity contribution in [1.82, 2.24) is 5.32 Å². The van der Waals surface area contributed by atoms with Crippen LogP contribution in [-0.4, -0.2) is 13.7 Å². The summed E-state index contributed by atoms with van der Waals surface area (Å²) in [6, 6.07) is 6.09. The summed E-state index contributed by atoms with van der Waals surface area (Å²) in [5.41, 5.74) is 3.40. The van der Waals surface area contributed by atoms with E-state index in [-0.39, 0.29) is 6.04 Å². The fourth-order valence-corrected chi connectivity index (χ4v) is 3.21. The number of rotatable bonds is 5. The number of nitrogens with one attached hydrogen (secondary N) is 1. The van der Waals surface area contributed by atoms with Gasteiger partial charge in [0, 0.05) is 10.0 Å². The molecular formula is C17H22BrNO2. The molecule has 2 aromatic rings. The molecule has 0 saturated heterocycles. The molecule has 1 atom stereocenters. The smallest absolute Gasteiger partial charge is 0.127 e. The first-order valence-electron chi connectivity index (χ1n) is 7.12. The van der Waals surface area contributed by atoms with Crippen LogP contribution < -0.4 is 10.1 Å². The Morgan fingerprint density at radius 2 is 2.00 bits per heavy atom. The van der Waals surface area contributed by atoms with E-state index >= 15 is 0 Å². The zero-order chi connectivity index (χ0) is 15.6. The summed E-state index contributed by atoms with van der Waals surface area (Å²) >= 11 is 3.64. The average Bonchev–Trinajstić information content (AvgIpc) is 2.87. The Hall–Kier alpha value is -1.26. The van der Waals surface area contributed by atoms with E-state index in [9.17, 15) is 0 Å². The van der Waals surface area contributed by atoms with E-state index in [1.165, 1.54) is 0 Å². The maximum atomic E-state index is 5.85. The largest absolute Gasteiger partial charge is 0.496 e. The van der Waals surface area contributed by atoms with Crippen LogP contribution in [0.5, 0.6) is 5.75 Å². The maximum Gasteiger partial charge on any atom is 0.127 e. The monoisotopic (exact) mass is 351 g/mol. The topological polar surface area (TPSA) is 34.4 Å². The molecule has 0 aliphatic heterocycles. The van der Waals surface area contributed by atoms with Crippen molar-refractivity contribution in [2.24, 2.45) is 0 Å². The second kappa shape index (κ2) is 6.67. The fraction of sp³-hybridized carbons (Fsp3) is 0.412. The third kappa shape index (κ3) is 3.16. The molecule has 0 aliphatic carbocycles. The summed E-state index contributed by atoms with van der Waals surface area (Å²) < 4.78 is 12.6. The minimum Gasteiger partial charge on any atom is -0.496 e. The van der Waals surface area contributed by atoms with Gasteiger partial charge < -0.3 is 14.5 Å². The Kier molecular flexibility index (Phi) is 5.12. The summed E-state index contributed by atoms with van der Waals surface area (Å²) in [5.74, 6) is 2.74. The number of furan rings is 1. The Morgan fingerprint density at radius 3 is 2.52 bits per heavy atom. The highest BCUT2D eigenvalue weighted by Crippen LogP contribution is 2.39. The van der Waals surface area contributed by atoms with E-state index in [0.717, 1.165) is 45.0 Å². The highest BCUT2D eigenvalue weighted by atomic mass is 79.9. The van der Waals surface area contributed by atoms with Crippen LogP contribution in [0.3, 0.4) is 0 Å². The standard InChI is InChI=1S/C17H22BrNO2/c1-6-19-16(14-8-7-11(3)21-14)15-12(4)13(18)9-10(2)17(15)20-5/h7-9,16,19H,6H2,1-5H3. The highest BCUT2D eigenvalue weighted by molar-refractivity contribution is 9.10. The summed E-state index contributed by atoms with van der Waals surface area (Å²) in [7, 11) is 1.72. The van der Waals surface area contributed by atoms with Crippen molar-refractivity contribution in [2.45, 2.75) is 33.7 Å². The summed E-state index contributed by atoms with van der Waals surface area (Å²) in [6.07, 6.45) is 0. The Bertz CT molecular complexity index is 634. The van der Waals surface area contributed by atoms with Crippen LogP contribution in [0.2, 0.25) is 0 Å². The number of aryl methyl sites for hydroxylation is 2. The van der Waals surface area contributed by atoms with Crippen molar-refractivity contribution >= 4 is 15.9 Å². The lowest BCUT2D eigenvalue weighted by Crippen LogP contribution is -2.23. The molecule has 0 saturated carbocycles. The van der Waals surface area contributed by atoms with Gasteiger partial charge in [-0.3, -0.25) is 0 Å². The maximum absolute atomic E-state index is 5.85. The van der Waals surface area contributed by atoms with Gasteiger partial charge in [0.15, 0.2) is 0 Å². The van der Waals surface area contributed by atoms with Crippen LogP contribution >= 0.6 is 15.9 Å². The Morgan fingerprint density at radius 1 is 1.29 bits per heavy atom. The molecular weight excluding hydrogens is 330 g/mol. The lowest BCUT2D eigenvalue weighted by Gasteiger charge is -2.23. The van der Waals surface area contributed by atoms with E-state index in [2.05, 4.69) is 48.1 Å². The fourth-order valence-electron chi connectivity index (χ4n) is 2.65. The molecule has 1 heterocycles. The SMILES string of the molecule is CCNC(c1ccc(C)o1)c1c(C)c(Br)cc(C)c1OC. The molecule has 1 aromatic heterocycles. The number of ether oxygens (including phenoxy) is 1. The van der Waals surface area contributed by atoms with E-state index < -0.39 is 0 Å². The lowest BCUT2D eigenvalue weighted by molar-refractivity contribution is 0.387. The number of hydrogen-bond acceptors (Lipinski definition) is 3. The third-order valence-corrected chi connectivity index (χ3v) is 4.48. The van der Waals surface area contributed by atoms with Gasteiger partial charge in [0.05, 0.1) is 13.2 Å². The molecule has 0 radical (unpaired) electrons. The van der Waals surface area contributed by atoms with Gasteiger partial charge in [-0.2, -0.15) is 0 Å². The first kappa shape index (κ1) is 16.1. The molecule has 1 unspecified atom stereocenters. The number of halogens is 1. The zero-order valence-electron chi connectivity index (χ0n) is 13.2. The van der Waals surface area contributed by atoms with E-state index in [1.54, 1.807) is 7.11 Å². The van der Waals surface area contributed by atoms with Gasteiger partial charge in [-0.15, -0.1) is 0 Å². The van der Waals surface area contributed by atoms with E-state index in [1.807, 2.05) is 19.1 Å². The second-order valence-electron chi connectivity index (χ2n) is 5.19. The van der Waals surface area contributed by atoms with E-state index in [0.29, 0.717) is 0 Å². The lowest BCUT2D eigenvalue weighted by atomic mass is 9.95. The molecule has 3 nitrogen and oxygen atoms in total. The van der Waals surface area contributed by atoms with Crippen LogP contribution in [0.4, 0.5) is 0 Å².